The third-order valence-corrected chi connectivity index (χ3v) is 3.88. The van der Waals surface area contributed by atoms with Crippen LogP contribution < -0.4 is 14.8 Å². The molecule has 0 radical (unpaired) electrons. The number of carboxylic acid groups (broad SMARTS) is 1. The molecule has 0 bridgehead atoms. The minimum absolute atomic E-state index is 0.478. The molecule has 0 fully saturated rings. The van der Waals surface area contributed by atoms with E-state index in [0.717, 1.165) is 28.6 Å². The van der Waals surface area contributed by atoms with Crippen LogP contribution in [0.25, 0.3) is 0 Å². The van der Waals surface area contributed by atoms with Gasteiger partial charge in [0.1, 0.15) is 6.04 Å². The zero-order valence-electron chi connectivity index (χ0n) is 12.0. The third kappa shape index (κ3) is 4.35. The number of carbonyl (C=O) groups is 1. The number of benzene rings is 1. The number of carboxylic acids is 1. The number of hydrogen-bond donors (Lipinski definition) is 2. The van der Waals surface area contributed by atoms with Crippen LogP contribution in [0.4, 0.5) is 0 Å². The minimum Gasteiger partial charge on any atom is -0.490 e. The second-order valence-electron chi connectivity index (χ2n) is 5.02. The van der Waals surface area contributed by atoms with Crippen LogP contribution in [0.3, 0.4) is 0 Å². The van der Waals surface area contributed by atoms with Gasteiger partial charge >= 0.3 is 5.97 Å². The smallest absolute Gasteiger partial charge is 0.320 e. The van der Waals surface area contributed by atoms with Crippen LogP contribution in [0.2, 0.25) is 0 Å². The van der Waals surface area contributed by atoms with Gasteiger partial charge in [-0.05, 0) is 40.0 Å². The Morgan fingerprint density at radius 3 is 2.90 bits per heavy atom. The van der Waals surface area contributed by atoms with Crippen LogP contribution in [0, 0.1) is 0 Å². The predicted octanol–water partition coefficient (Wildman–Crippen LogP) is 2.95. The maximum Gasteiger partial charge on any atom is 0.320 e. The van der Waals surface area contributed by atoms with Crippen LogP contribution in [0.5, 0.6) is 11.5 Å². The number of fused-ring (bicyclic) bond motifs is 1. The van der Waals surface area contributed by atoms with Crippen molar-refractivity contribution >= 4 is 21.9 Å². The third-order valence-electron chi connectivity index (χ3n) is 3.29. The summed E-state index contributed by atoms with van der Waals surface area (Å²) in [5.41, 5.74) is 0.966. The molecule has 116 valence electrons. The van der Waals surface area contributed by atoms with E-state index < -0.39 is 12.0 Å². The molecule has 1 aromatic carbocycles. The van der Waals surface area contributed by atoms with Gasteiger partial charge in [-0.2, -0.15) is 0 Å². The van der Waals surface area contributed by atoms with Crippen molar-refractivity contribution in [3.63, 3.8) is 0 Å². The second kappa shape index (κ2) is 7.66. The van der Waals surface area contributed by atoms with Gasteiger partial charge in [-0.1, -0.05) is 13.3 Å². The van der Waals surface area contributed by atoms with E-state index in [2.05, 4.69) is 21.2 Å². The van der Waals surface area contributed by atoms with Crippen LogP contribution in [0.1, 0.15) is 31.7 Å². The molecule has 0 saturated heterocycles. The van der Waals surface area contributed by atoms with E-state index in [-0.39, 0.29) is 0 Å². The van der Waals surface area contributed by atoms with E-state index in [1.807, 2.05) is 19.1 Å². The molecular weight excluding hydrogens is 338 g/mol. The first-order valence-corrected chi connectivity index (χ1v) is 7.95. The zero-order chi connectivity index (χ0) is 15.2. The van der Waals surface area contributed by atoms with Gasteiger partial charge in [0.05, 0.1) is 17.7 Å². The zero-order valence-corrected chi connectivity index (χ0v) is 13.6. The largest absolute Gasteiger partial charge is 0.490 e. The average Bonchev–Trinajstić information content (AvgIpc) is 2.68. The number of rotatable bonds is 6. The summed E-state index contributed by atoms with van der Waals surface area (Å²) in [6.45, 7) is 3.72. The average molecular weight is 358 g/mol. The minimum atomic E-state index is -0.815. The van der Waals surface area contributed by atoms with Gasteiger partial charge in [0.2, 0.25) is 0 Å². The normalized spacial score (nSPS) is 15.3. The van der Waals surface area contributed by atoms with Crippen LogP contribution in [-0.4, -0.2) is 30.3 Å². The predicted molar refractivity (Wildman–Crippen MR) is 82.9 cm³/mol. The Balaban J connectivity index is 2.08. The lowest BCUT2D eigenvalue weighted by Crippen LogP contribution is -2.36. The Morgan fingerprint density at radius 2 is 2.19 bits per heavy atom. The van der Waals surface area contributed by atoms with E-state index in [9.17, 15) is 4.79 Å². The molecule has 0 saturated carbocycles. The molecule has 6 heteroatoms. The van der Waals surface area contributed by atoms with Crippen LogP contribution in [0.15, 0.2) is 16.6 Å². The van der Waals surface area contributed by atoms with Gasteiger partial charge in [0.15, 0.2) is 11.5 Å². The topological polar surface area (TPSA) is 67.8 Å². The standard InChI is InChI=1S/C15H20BrNO4/c1-2-4-12(15(18)19)17-9-10-7-11(16)14-13(8-10)20-5-3-6-21-14/h7-8,12,17H,2-6,9H2,1H3,(H,18,19). The fourth-order valence-electron chi connectivity index (χ4n) is 2.23. The summed E-state index contributed by atoms with van der Waals surface area (Å²) >= 11 is 3.49. The van der Waals surface area contributed by atoms with Crippen molar-refractivity contribution in [3.8, 4) is 11.5 Å². The first-order chi connectivity index (χ1) is 10.1. The Bertz CT molecular complexity index is 507. The van der Waals surface area contributed by atoms with Gasteiger partial charge in [-0.25, -0.2) is 0 Å². The molecule has 0 spiro atoms. The lowest BCUT2D eigenvalue weighted by molar-refractivity contribution is -0.139. The number of nitrogens with one attached hydrogen (secondary N) is 1. The molecule has 2 rings (SSSR count). The maximum atomic E-state index is 11.1. The van der Waals surface area contributed by atoms with Gasteiger partial charge in [-0.15, -0.1) is 0 Å². The van der Waals surface area contributed by atoms with Gasteiger partial charge in [-0.3, -0.25) is 4.79 Å². The molecule has 2 N–H and O–H groups in total. The van der Waals surface area contributed by atoms with Crippen molar-refractivity contribution in [2.24, 2.45) is 0 Å². The first-order valence-electron chi connectivity index (χ1n) is 7.16. The lowest BCUT2D eigenvalue weighted by atomic mass is 10.1. The van der Waals surface area contributed by atoms with Gasteiger partial charge < -0.3 is 19.9 Å². The molecule has 0 aromatic heterocycles. The monoisotopic (exact) mass is 357 g/mol. The summed E-state index contributed by atoms with van der Waals surface area (Å²) in [5.74, 6) is 0.617. The first kappa shape index (κ1) is 16.1. The van der Waals surface area contributed by atoms with Crippen molar-refractivity contribution in [2.45, 2.75) is 38.8 Å². The van der Waals surface area contributed by atoms with Gasteiger partial charge in [0.25, 0.3) is 0 Å². The number of hydrogen-bond acceptors (Lipinski definition) is 4. The summed E-state index contributed by atoms with van der Waals surface area (Å²) in [6, 6.07) is 3.32. The van der Waals surface area contributed by atoms with Crippen molar-refractivity contribution < 1.29 is 19.4 Å². The van der Waals surface area contributed by atoms with E-state index in [1.165, 1.54) is 0 Å². The van der Waals surface area contributed by atoms with Crippen LogP contribution in [-0.2, 0) is 11.3 Å². The van der Waals surface area contributed by atoms with E-state index in [0.29, 0.717) is 31.9 Å². The maximum absolute atomic E-state index is 11.1. The van der Waals surface area contributed by atoms with Crippen LogP contribution >= 0.6 is 15.9 Å². The molecule has 1 unspecified atom stereocenters. The Morgan fingerprint density at radius 1 is 1.43 bits per heavy atom. The summed E-state index contributed by atoms with van der Waals surface area (Å²) in [5, 5.41) is 12.2. The quantitative estimate of drug-likeness (QED) is 0.819. The fraction of sp³-hybridized carbons (Fsp3) is 0.533. The lowest BCUT2D eigenvalue weighted by Gasteiger charge is -2.15. The van der Waals surface area contributed by atoms with E-state index in [1.54, 1.807) is 0 Å². The Hall–Kier alpha value is -1.27. The fourth-order valence-corrected chi connectivity index (χ4v) is 2.83. The number of ether oxygens (including phenoxy) is 2. The number of aliphatic carboxylic acids is 1. The Kier molecular flexibility index (Phi) is 5.87. The highest BCUT2D eigenvalue weighted by molar-refractivity contribution is 9.10. The van der Waals surface area contributed by atoms with Crippen molar-refractivity contribution in [3.05, 3.63) is 22.2 Å². The summed E-state index contributed by atoms with van der Waals surface area (Å²) in [7, 11) is 0. The molecule has 1 aliphatic heterocycles. The molecule has 21 heavy (non-hydrogen) atoms. The highest BCUT2D eigenvalue weighted by Gasteiger charge is 2.18. The Labute approximate surface area is 132 Å². The van der Waals surface area contributed by atoms with Crippen molar-refractivity contribution in [1.29, 1.82) is 0 Å². The molecule has 1 aliphatic rings. The molecular formula is C15H20BrNO4. The highest BCUT2D eigenvalue weighted by atomic mass is 79.9. The summed E-state index contributed by atoms with van der Waals surface area (Å²) in [6.07, 6.45) is 2.29. The van der Waals surface area contributed by atoms with Crippen molar-refractivity contribution in [1.82, 2.24) is 5.32 Å². The van der Waals surface area contributed by atoms with Gasteiger partial charge in [0, 0.05) is 13.0 Å². The highest BCUT2D eigenvalue weighted by Crippen LogP contribution is 2.38. The summed E-state index contributed by atoms with van der Waals surface area (Å²) < 4.78 is 12.2. The number of halogens is 1. The molecule has 1 atom stereocenters. The van der Waals surface area contributed by atoms with E-state index >= 15 is 0 Å². The molecule has 0 amide bonds. The molecule has 1 aromatic rings. The van der Waals surface area contributed by atoms with E-state index in [4.69, 9.17) is 14.6 Å². The SMILES string of the molecule is CCCC(NCc1cc(Br)c2c(c1)OCCCO2)C(=O)O. The van der Waals surface area contributed by atoms with Crippen molar-refractivity contribution in [2.75, 3.05) is 13.2 Å². The molecule has 1 heterocycles. The molecule has 5 nitrogen and oxygen atoms in total. The molecule has 0 aliphatic carbocycles. The summed E-state index contributed by atoms with van der Waals surface area (Å²) in [4.78, 5) is 11.1. The second-order valence-corrected chi connectivity index (χ2v) is 5.87.